The van der Waals surface area contributed by atoms with E-state index in [2.05, 4.69) is 27.0 Å². The number of hydrogen-bond acceptors (Lipinski definition) is 12. The van der Waals surface area contributed by atoms with Crippen molar-refractivity contribution < 1.29 is 37.7 Å². The molecule has 3 heterocycles. The number of hydrazone groups is 1. The van der Waals surface area contributed by atoms with Crippen LogP contribution < -0.4 is 4.90 Å². The Balaban J connectivity index is 1.03. The normalized spacial score (nSPS) is 16.0. The van der Waals surface area contributed by atoms with Gasteiger partial charge in [0.25, 0.3) is 0 Å². The van der Waals surface area contributed by atoms with Crippen molar-refractivity contribution in [3.8, 4) is 5.69 Å². The zero-order valence-corrected chi connectivity index (χ0v) is 27.7. The van der Waals surface area contributed by atoms with Crippen LogP contribution in [0.4, 0.5) is 24.1 Å². The molecule has 2 atom stereocenters. The predicted molar refractivity (Wildman–Crippen MR) is 177 cm³/mol. The second-order valence-electron chi connectivity index (χ2n) is 11.9. The number of halogens is 2. The number of carbonyl (C=O) groups excluding carboxylic acids is 2. The fraction of sp³-hybridized carbons (Fsp3) is 0.353. The summed E-state index contributed by atoms with van der Waals surface area (Å²) in [6.45, 7) is 2.51. The number of rotatable bonds is 15. The fourth-order valence-electron chi connectivity index (χ4n) is 5.83. The third-order valence-corrected chi connectivity index (χ3v) is 8.56. The zero-order valence-electron chi connectivity index (χ0n) is 27.7. The van der Waals surface area contributed by atoms with Gasteiger partial charge in [0.1, 0.15) is 28.7 Å². The third-order valence-electron chi connectivity index (χ3n) is 8.56. The number of β-amino-alcohol motifs (C(OH)–C–C–N with tert-alkyl or cyclic N) is 1. The molecule has 0 aliphatic carbocycles. The second-order valence-corrected chi connectivity index (χ2v) is 11.9. The Kier molecular flexibility index (Phi) is 10.9. The Bertz CT molecular complexity index is 1800. The van der Waals surface area contributed by atoms with E-state index < -0.39 is 35.5 Å². The van der Waals surface area contributed by atoms with E-state index in [0.29, 0.717) is 43.6 Å². The molecule has 4 aromatic rings. The van der Waals surface area contributed by atoms with E-state index in [1.807, 2.05) is 30.3 Å². The van der Waals surface area contributed by atoms with Crippen molar-refractivity contribution in [3.63, 3.8) is 0 Å². The summed E-state index contributed by atoms with van der Waals surface area (Å²) < 4.78 is 46.6. The minimum absolute atomic E-state index is 0.00611. The molecule has 2 amide bonds. The molecule has 266 valence electrons. The van der Waals surface area contributed by atoms with Gasteiger partial charge in [0.2, 0.25) is 6.73 Å². The number of aromatic nitrogens is 4. The fourth-order valence-corrected chi connectivity index (χ4v) is 5.83. The van der Waals surface area contributed by atoms with Crippen LogP contribution in [0.3, 0.4) is 0 Å². The van der Waals surface area contributed by atoms with E-state index >= 15 is 4.39 Å². The number of tetrazole rings is 1. The summed E-state index contributed by atoms with van der Waals surface area (Å²) in [6.07, 6.45) is 3.72. The summed E-state index contributed by atoms with van der Waals surface area (Å²) in [7, 11) is 0. The van der Waals surface area contributed by atoms with Crippen molar-refractivity contribution in [2.75, 3.05) is 51.1 Å². The van der Waals surface area contributed by atoms with Crippen molar-refractivity contribution in [2.45, 2.75) is 31.6 Å². The van der Waals surface area contributed by atoms with Gasteiger partial charge in [-0.25, -0.2) is 28.1 Å². The molecule has 1 aromatic heterocycles. The molecule has 1 fully saturated rings. The molecule has 0 bridgehead atoms. The largest absolute Gasteiger partial charge is 0.547 e. The Morgan fingerprint density at radius 3 is 2.55 bits per heavy atom. The van der Waals surface area contributed by atoms with Gasteiger partial charge in [-0.05, 0) is 53.2 Å². The maximum absolute atomic E-state index is 15.3. The second kappa shape index (κ2) is 15.8. The van der Waals surface area contributed by atoms with Crippen LogP contribution in [0, 0.1) is 11.6 Å². The predicted octanol–water partition coefficient (Wildman–Crippen LogP) is 3.57. The number of aliphatic hydroxyl groups is 1. The first-order valence-electron chi connectivity index (χ1n) is 16.2. The molecule has 6 rings (SSSR count). The summed E-state index contributed by atoms with van der Waals surface area (Å²) in [5.41, 5.74) is 0.0725. The summed E-state index contributed by atoms with van der Waals surface area (Å²) in [6, 6.07) is 18.2. The van der Waals surface area contributed by atoms with E-state index in [9.17, 15) is 19.1 Å². The molecule has 1 saturated heterocycles. The van der Waals surface area contributed by atoms with E-state index in [1.165, 1.54) is 25.8 Å². The number of urea groups is 1. The minimum atomic E-state index is -2.06. The number of ether oxygens (including phenoxy) is 3. The van der Waals surface area contributed by atoms with Gasteiger partial charge < -0.3 is 24.2 Å². The van der Waals surface area contributed by atoms with E-state index in [0.717, 1.165) is 17.7 Å². The van der Waals surface area contributed by atoms with Crippen molar-refractivity contribution in [2.24, 2.45) is 5.10 Å². The Labute approximate surface area is 292 Å². The van der Waals surface area contributed by atoms with Gasteiger partial charge in [0, 0.05) is 36.8 Å². The first-order chi connectivity index (χ1) is 24.7. The summed E-state index contributed by atoms with van der Waals surface area (Å²) in [5.74, 6) is -1.80. The minimum Gasteiger partial charge on any atom is -0.434 e. The average Bonchev–Trinajstić information content (AvgIpc) is 3.91. The highest BCUT2D eigenvalue weighted by atomic mass is 19.1. The Hall–Kier alpha value is -5.77. The van der Waals surface area contributed by atoms with Crippen LogP contribution in [0.1, 0.15) is 24.5 Å². The highest BCUT2D eigenvalue weighted by molar-refractivity contribution is 5.94. The molecule has 17 heteroatoms. The van der Waals surface area contributed by atoms with Crippen LogP contribution >= 0.6 is 0 Å². The van der Waals surface area contributed by atoms with E-state index in [-0.39, 0.29) is 38.7 Å². The molecule has 3 aromatic carbocycles. The number of carbonyl (C=O) groups is 2. The lowest BCUT2D eigenvalue weighted by atomic mass is 9.85. The number of anilines is 1. The Morgan fingerprint density at radius 1 is 1.02 bits per heavy atom. The quantitative estimate of drug-likeness (QED) is 0.110. The lowest BCUT2D eigenvalue weighted by Crippen LogP contribution is -2.55. The molecule has 0 spiro atoms. The molecular weight excluding hydrogens is 668 g/mol. The molecule has 0 unspecified atom stereocenters. The molecule has 51 heavy (non-hydrogen) atoms. The maximum Gasteiger partial charge on any atom is 0.547 e. The standard InChI is InChI=1S/C34H36F2N9O6/c1-25(43-14-15-44(32(43)46)28-9-11-29(12-10-28)45-21-37-39-40-45)34(48,30-13-8-27(35)18-31(30)36)20-42-23-41(22-38-42)24-51-33(47)50-17-5-16-49-19-26-6-3-2-4-7-26/h2-4,6-13,18,21,25,48H,5,14-17,19-20,23-24H2,1H3/q+1/t25-,34+/m1/s1. The molecule has 2 aliphatic rings. The van der Waals surface area contributed by atoms with Crippen LogP contribution in [0.2, 0.25) is 0 Å². The first kappa shape index (κ1) is 35.1. The highest BCUT2D eigenvalue weighted by Gasteiger charge is 2.48. The van der Waals surface area contributed by atoms with Gasteiger partial charge in [-0.3, -0.25) is 4.90 Å². The monoisotopic (exact) mass is 704 g/mol. The molecular formula is C34H36F2N9O6+. The van der Waals surface area contributed by atoms with Crippen molar-refractivity contribution in [1.29, 1.82) is 0 Å². The van der Waals surface area contributed by atoms with Gasteiger partial charge in [-0.15, -0.1) is 5.10 Å². The number of amides is 2. The summed E-state index contributed by atoms with van der Waals surface area (Å²) >= 11 is 0. The number of hydrogen-bond donors (Lipinski definition) is 1. The first-order valence-corrected chi connectivity index (χ1v) is 16.2. The maximum atomic E-state index is 15.3. The van der Waals surface area contributed by atoms with Gasteiger partial charge in [-0.2, -0.15) is 0 Å². The van der Waals surface area contributed by atoms with Gasteiger partial charge in [-0.1, -0.05) is 41.3 Å². The molecule has 0 saturated carbocycles. The smallest absolute Gasteiger partial charge is 0.434 e. The lowest BCUT2D eigenvalue weighted by Gasteiger charge is -2.40. The lowest BCUT2D eigenvalue weighted by molar-refractivity contribution is -0.0602. The SMILES string of the molecule is C[C@@H](N1CCN(c2ccc(-n3cnnn3)cc2)C1=O)[C@@](O)(CN1CN(COC(=O)OCCCOCc2ccccc2)[C+]=N1)c1ccc(F)cc1F. The molecule has 1 N–H and O–H groups in total. The number of benzene rings is 3. The van der Waals surface area contributed by atoms with Crippen LogP contribution in [-0.4, -0.2) is 111 Å². The zero-order chi connectivity index (χ0) is 35.8. The van der Waals surface area contributed by atoms with Crippen LogP contribution in [-0.2, 0) is 26.4 Å². The molecule has 15 nitrogen and oxygen atoms in total. The van der Waals surface area contributed by atoms with Crippen molar-refractivity contribution >= 4 is 24.2 Å². The summed E-state index contributed by atoms with van der Waals surface area (Å²) in [4.78, 5) is 30.3. The van der Waals surface area contributed by atoms with Gasteiger partial charge in [0.05, 0.1) is 38.1 Å². The van der Waals surface area contributed by atoms with Crippen molar-refractivity contribution in [1.82, 2.24) is 35.0 Å². The van der Waals surface area contributed by atoms with Crippen LogP contribution in [0.15, 0.2) is 84.2 Å². The Morgan fingerprint density at radius 2 is 1.80 bits per heavy atom. The van der Waals surface area contributed by atoms with E-state index in [1.54, 1.807) is 36.1 Å². The van der Waals surface area contributed by atoms with Gasteiger partial charge >= 0.3 is 18.5 Å². The van der Waals surface area contributed by atoms with Crippen LogP contribution in [0.5, 0.6) is 0 Å². The topological polar surface area (TPSA) is 151 Å². The van der Waals surface area contributed by atoms with Crippen LogP contribution in [0.25, 0.3) is 5.69 Å². The number of nitrogens with zero attached hydrogens (tertiary/aromatic N) is 9. The molecule has 2 aliphatic heterocycles. The molecule has 0 radical (unpaired) electrons. The van der Waals surface area contributed by atoms with Crippen molar-refractivity contribution in [3.05, 3.63) is 102 Å². The highest BCUT2D eigenvalue weighted by Crippen LogP contribution is 2.35. The summed E-state index contributed by atoms with van der Waals surface area (Å²) in [5, 5.41) is 28.9. The van der Waals surface area contributed by atoms with E-state index in [4.69, 9.17) is 14.2 Å². The average molecular weight is 705 g/mol. The van der Waals surface area contributed by atoms with Gasteiger partial charge in [0.15, 0.2) is 6.67 Å². The third kappa shape index (κ3) is 8.34.